The van der Waals surface area contributed by atoms with Crippen molar-refractivity contribution in [1.82, 2.24) is 0 Å². The summed E-state index contributed by atoms with van der Waals surface area (Å²) in [6.45, 7) is 1.84. The number of carboxylic acids is 1. The Morgan fingerprint density at radius 1 is 1.41 bits per heavy atom. The van der Waals surface area contributed by atoms with Crippen molar-refractivity contribution in [2.45, 2.75) is 38.0 Å². The van der Waals surface area contributed by atoms with E-state index in [4.69, 9.17) is 0 Å². The summed E-state index contributed by atoms with van der Waals surface area (Å²) in [5.41, 5.74) is 0.555. The lowest BCUT2D eigenvalue weighted by atomic mass is 9.77. The average molecular weight is 301 g/mol. The minimum Gasteiger partial charge on any atom is -0.481 e. The molecule has 1 saturated carbocycles. The minimum absolute atomic E-state index is 0.384. The summed E-state index contributed by atoms with van der Waals surface area (Å²) in [7, 11) is 0. The summed E-state index contributed by atoms with van der Waals surface area (Å²) in [4.78, 5) is 11.6. The molecule has 0 aliphatic heterocycles. The standard InChI is InChI=1S/C13H14BrFO2/c1-8-10(6-9(15)7-11(8)14)13(12(16)17)4-2-3-5-13/h6-7H,2-5H2,1H3,(H,16,17). The van der Waals surface area contributed by atoms with Crippen molar-refractivity contribution in [1.29, 1.82) is 0 Å². The van der Waals surface area contributed by atoms with Crippen LogP contribution in [0.25, 0.3) is 0 Å². The van der Waals surface area contributed by atoms with Crippen LogP contribution in [0.5, 0.6) is 0 Å². The zero-order valence-corrected chi connectivity index (χ0v) is 11.2. The number of aliphatic carboxylic acids is 1. The fraction of sp³-hybridized carbons (Fsp3) is 0.462. The van der Waals surface area contributed by atoms with Gasteiger partial charge in [0.2, 0.25) is 0 Å². The highest BCUT2D eigenvalue weighted by molar-refractivity contribution is 9.10. The van der Waals surface area contributed by atoms with E-state index < -0.39 is 11.4 Å². The molecule has 0 amide bonds. The molecule has 1 aliphatic rings. The largest absolute Gasteiger partial charge is 0.481 e. The van der Waals surface area contributed by atoms with Crippen LogP contribution in [0.4, 0.5) is 4.39 Å². The van der Waals surface area contributed by atoms with Crippen LogP contribution in [0.15, 0.2) is 16.6 Å². The molecule has 2 rings (SSSR count). The van der Waals surface area contributed by atoms with Gasteiger partial charge in [-0.05, 0) is 43.0 Å². The van der Waals surface area contributed by atoms with E-state index >= 15 is 0 Å². The lowest BCUT2D eigenvalue weighted by molar-refractivity contribution is -0.143. The molecular formula is C13H14BrFO2. The third-order valence-electron chi connectivity index (χ3n) is 3.69. The lowest BCUT2D eigenvalue weighted by Crippen LogP contribution is -2.33. The van der Waals surface area contributed by atoms with Gasteiger partial charge in [0.1, 0.15) is 5.82 Å². The summed E-state index contributed by atoms with van der Waals surface area (Å²) >= 11 is 3.28. The second-order valence-corrected chi connectivity index (χ2v) is 5.51. The highest BCUT2D eigenvalue weighted by Crippen LogP contribution is 2.44. The Kier molecular flexibility index (Phi) is 3.25. The molecular weight excluding hydrogens is 287 g/mol. The van der Waals surface area contributed by atoms with E-state index in [9.17, 15) is 14.3 Å². The monoisotopic (exact) mass is 300 g/mol. The van der Waals surface area contributed by atoms with Crippen molar-refractivity contribution in [3.8, 4) is 0 Å². The molecule has 1 aliphatic carbocycles. The fourth-order valence-corrected chi connectivity index (χ4v) is 3.15. The van der Waals surface area contributed by atoms with Crippen molar-refractivity contribution in [2.75, 3.05) is 0 Å². The van der Waals surface area contributed by atoms with Gasteiger partial charge in [0, 0.05) is 4.47 Å². The molecule has 1 N–H and O–H groups in total. The van der Waals surface area contributed by atoms with Crippen LogP contribution in [0.3, 0.4) is 0 Å². The van der Waals surface area contributed by atoms with Gasteiger partial charge in [0.25, 0.3) is 0 Å². The molecule has 1 aromatic carbocycles. The molecule has 0 spiro atoms. The van der Waals surface area contributed by atoms with Crippen molar-refractivity contribution in [2.24, 2.45) is 0 Å². The Labute approximate surface area is 108 Å². The van der Waals surface area contributed by atoms with E-state index in [2.05, 4.69) is 15.9 Å². The third-order valence-corrected chi connectivity index (χ3v) is 4.51. The zero-order valence-electron chi connectivity index (χ0n) is 9.59. The van der Waals surface area contributed by atoms with Gasteiger partial charge in [-0.1, -0.05) is 28.8 Å². The minimum atomic E-state index is -0.894. The number of carboxylic acid groups (broad SMARTS) is 1. The fourth-order valence-electron chi connectivity index (χ4n) is 2.72. The molecule has 0 heterocycles. The van der Waals surface area contributed by atoms with Crippen LogP contribution < -0.4 is 0 Å². The smallest absolute Gasteiger partial charge is 0.314 e. The summed E-state index contributed by atoms with van der Waals surface area (Å²) in [6.07, 6.45) is 2.97. The molecule has 0 radical (unpaired) electrons. The topological polar surface area (TPSA) is 37.3 Å². The molecule has 0 bridgehead atoms. The van der Waals surface area contributed by atoms with Crippen LogP contribution >= 0.6 is 15.9 Å². The number of rotatable bonds is 2. The van der Waals surface area contributed by atoms with E-state index in [1.54, 1.807) is 0 Å². The van der Waals surface area contributed by atoms with E-state index in [0.717, 1.165) is 18.4 Å². The first-order chi connectivity index (χ1) is 7.97. The summed E-state index contributed by atoms with van der Waals surface area (Å²) in [6, 6.07) is 2.75. The SMILES string of the molecule is Cc1c(Br)cc(F)cc1C1(C(=O)O)CCCC1. The van der Waals surface area contributed by atoms with Crippen LogP contribution in [0.2, 0.25) is 0 Å². The molecule has 17 heavy (non-hydrogen) atoms. The van der Waals surface area contributed by atoms with Gasteiger partial charge in [-0.3, -0.25) is 4.79 Å². The number of benzene rings is 1. The highest BCUT2D eigenvalue weighted by Gasteiger charge is 2.44. The second kappa shape index (κ2) is 4.41. The van der Waals surface area contributed by atoms with Crippen LogP contribution in [-0.4, -0.2) is 11.1 Å². The molecule has 92 valence electrons. The van der Waals surface area contributed by atoms with Crippen molar-refractivity contribution < 1.29 is 14.3 Å². The molecule has 4 heteroatoms. The normalized spacial score (nSPS) is 18.3. The van der Waals surface area contributed by atoms with Gasteiger partial charge < -0.3 is 5.11 Å². The van der Waals surface area contributed by atoms with Gasteiger partial charge in [-0.25, -0.2) is 4.39 Å². The first-order valence-electron chi connectivity index (χ1n) is 5.67. The Morgan fingerprint density at radius 2 is 2.00 bits per heavy atom. The van der Waals surface area contributed by atoms with Crippen molar-refractivity contribution in [3.05, 3.63) is 33.5 Å². The van der Waals surface area contributed by atoms with E-state index in [-0.39, 0.29) is 5.82 Å². The maximum Gasteiger partial charge on any atom is 0.314 e. The molecule has 0 atom stereocenters. The maximum atomic E-state index is 13.5. The lowest BCUT2D eigenvalue weighted by Gasteiger charge is -2.26. The predicted molar refractivity (Wildman–Crippen MR) is 66.6 cm³/mol. The molecule has 0 saturated heterocycles. The Balaban J connectivity index is 2.62. The Bertz CT molecular complexity index is 465. The molecule has 2 nitrogen and oxygen atoms in total. The van der Waals surface area contributed by atoms with Gasteiger partial charge in [-0.2, -0.15) is 0 Å². The predicted octanol–water partition coefficient (Wildman–Crippen LogP) is 3.79. The average Bonchev–Trinajstić information content (AvgIpc) is 2.73. The summed E-state index contributed by atoms with van der Waals surface area (Å²) in [5.74, 6) is -1.22. The number of hydrogen-bond acceptors (Lipinski definition) is 1. The molecule has 0 aromatic heterocycles. The van der Waals surface area contributed by atoms with Gasteiger partial charge >= 0.3 is 5.97 Å². The number of halogens is 2. The quantitative estimate of drug-likeness (QED) is 0.902. The Hall–Kier alpha value is -0.900. The van der Waals surface area contributed by atoms with Gasteiger partial charge in [0.15, 0.2) is 0 Å². The number of hydrogen-bond donors (Lipinski definition) is 1. The zero-order chi connectivity index (χ0) is 12.6. The number of carbonyl (C=O) groups is 1. The van der Waals surface area contributed by atoms with Crippen LogP contribution in [0, 0.1) is 12.7 Å². The molecule has 1 aromatic rings. The summed E-state index contributed by atoms with van der Waals surface area (Å²) < 4.78 is 14.1. The maximum absolute atomic E-state index is 13.5. The third kappa shape index (κ3) is 1.99. The van der Waals surface area contributed by atoms with Crippen LogP contribution in [-0.2, 0) is 10.2 Å². The van der Waals surface area contributed by atoms with E-state index in [1.807, 2.05) is 6.92 Å². The second-order valence-electron chi connectivity index (χ2n) is 4.65. The Morgan fingerprint density at radius 3 is 2.53 bits per heavy atom. The van der Waals surface area contributed by atoms with E-state index in [1.165, 1.54) is 12.1 Å². The van der Waals surface area contributed by atoms with Gasteiger partial charge in [0.05, 0.1) is 5.41 Å². The summed E-state index contributed by atoms with van der Waals surface area (Å²) in [5, 5.41) is 9.49. The van der Waals surface area contributed by atoms with Crippen LogP contribution in [0.1, 0.15) is 36.8 Å². The molecule has 0 unspecified atom stereocenters. The van der Waals surface area contributed by atoms with E-state index in [0.29, 0.717) is 22.9 Å². The highest BCUT2D eigenvalue weighted by atomic mass is 79.9. The van der Waals surface area contributed by atoms with Crippen molar-refractivity contribution in [3.63, 3.8) is 0 Å². The van der Waals surface area contributed by atoms with Crippen molar-refractivity contribution >= 4 is 21.9 Å². The first-order valence-corrected chi connectivity index (χ1v) is 6.46. The van der Waals surface area contributed by atoms with Gasteiger partial charge in [-0.15, -0.1) is 0 Å². The first kappa shape index (κ1) is 12.6. The molecule has 1 fully saturated rings.